The molecule has 1 fully saturated rings. The van der Waals surface area contributed by atoms with E-state index in [-0.39, 0.29) is 5.54 Å². The maximum atomic E-state index is 4.58. The molecule has 0 saturated heterocycles. The molecule has 0 unspecified atom stereocenters. The van der Waals surface area contributed by atoms with Gasteiger partial charge >= 0.3 is 0 Å². The average molecular weight is 310 g/mol. The summed E-state index contributed by atoms with van der Waals surface area (Å²) in [5, 5.41) is 15.1. The van der Waals surface area contributed by atoms with Gasteiger partial charge in [-0.05, 0) is 46.0 Å². The summed E-state index contributed by atoms with van der Waals surface area (Å²) in [6.45, 7) is 12.2. The topological polar surface area (TPSA) is 37.8 Å². The van der Waals surface area contributed by atoms with Crippen LogP contribution in [0.5, 0.6) is 0 Å². The lowest BCUT2D eigenvalue weighted by Crippen LogP contribution is -2.37. The minimum absolute atomic E-state index is 0.178. The lowest BCUT2D eigenvalue weighted by Gasteiger charge is -2.28. The monoisotopic (exact) mass is 309 g/mol. The van der Waals surface area contributed by atoms with Gasteiger partial charge < -0.3 is 5.32 Å². The smallest absolute Gasteiger partial charge is 0.123 e. The molecule has 0 radical (unpaired) electrons. The van der Waals surface area contributed by atoms with E-state index in [1.54, 1.807) is 0 Å². The SMILES string of the molecule is CC(C)CC1(c2nnc(CCNC(C)(C)C)s2)CCCC1. The molecule has 120 valence electrons. The maximum absolute atomic E-state index is 4.58. The highest BCUT2D eigenvalue weighted by molar-refractivity contribution is 7.11. The van der Waals surface area contributed by atoms with Crippen molar-refractivity contribution < 1.29 is 0 Å². The van der Waals surface area contributed by atoms with E-state index in [4.69, 9.17) is 0 Å². The Hall–Kier alpha value is -0.480. The number of hydrogen-bond donors (Lipinski definition) is 1. The van der Waals surface area contributed by atoms with Crippen molar-refractivity contribution in [3.05, 3.63) is 10.0 Å². The molecular formula is C17H31N3S. The first-order valence-electron chi connectivity index (χ1n) is 8.39. The third-order valence-corrected chi connectivity index (χ3v) is 5.50. The highest BCUT2D eigenvalue weighted by atomic mass is 32.1. The van der Waals surface area contributed by atoms with Crippen LogP contribution in [0, 0.1) is 5.92 Å². The van der Waals surface area contributed by atoms with E-state index >= 15 is 0 Å². The molecule has 4 heteroatoms. The number of nitrogens with one attached hydrogen (secondary N) is 1. The second-order valence-corrected chi connectivity index (χ2v) is 9.08. The van der Waals surface area contributed by atoms with Gasteiger partial charge in [0.2, 0.25) is 0 Å². The highest BCUT2D eigenvalue weighted by Gasteiger charge is 2.39. The molecule has 0 amide bonds. The Bertz CT molecular complexity index is 439. The summed E-state index contributed by atoms with van der Waals surface area (Å²) in [6, 6.07) is 0. The highest BCUT2D eigenvalue weighted by Crippen LogP contribution is 2.46. The standard InChI is InChI=1S/C17H31N3S/c1-13(2)12-17(9-6-7-10-17)15-20-19-14(21-15)8-11-18-16(3,4)5/h13,18H,6-12H2,1-5H3. The fourth-order valence-corrected chi connectivity index (χ4v) is 4.55. The van der Waals surface area contributed by atoms with Crippen LogP contribution in [0.3, 0.4) is 0 Å². The summed E-state index contributed by atoms with van der Waals surface area (Å²) in [6.07, 6.45) is 7.58. The maximum Gasteiger partial charge on any atom is 0.123 e. The van der Waals surface area contributed by atoms with Crippen LogP contribution in [0.1, 0.15) is 76.7 Å². The first-order chi connectivity index (χ1) is 9.81. The Balaban J connectivity index is 2.00. The molecule has 3 nitrogen and oxygen atoms in total. The van der Waals surface area contributed by atoms with Crippen molar-refractivity contribution in [2.24, 2.45) is 5.92 Å². The van der Waals surface area contributed by atoms with Gasteiger partial charge in [-0.3, -0.25) is 0 Å². The summed E-state index contributed by atoms with van der Waals surface area (Å²) in [5.41, 5.74) is 0.513. The van der Waals surface area contributed by atoms with Gasteiger partial charge in [0.05, 0.1) is 0 Å². The molecule has 1 heterocycles. The van der Waals surface area contributed by atoms with Crippen LogP contribution in [0.15, 0.2) is 0 Å². The third kappa shape index (κ3) is 4.75. The Morgan fingerprint density at radius 1 is 1.19 bits per heavy atom. The van der Waals surface area contributed by atoms with Crippen molar-refractivity contribution in [2.75, 3.05) is 6.54 Å². The Morgan fingerprint density at radius 2 is 1.86 bits per heavy atom. The minimum atomic E-state index is 0.178. The van der Waals surface area contributed by atoms with E-state index in [0.29, 0.717) is 5.41 Å². The van der Waals surface area contributed by atoms with Crippen molar-refractivity contribution in [1.29, 1.82) is 0 Å². The van der Waals surface area contributed by atoms with Crippen molar-refractivity contribution in [3.8, 4) is 0 Å². The van der Waals surface area contributed by atoms with Crippen LogP contribution < -0.4 is 5.32 Å². The van der Waals surface area contributed by atoms with Crippen LogP contribution in [0.4, 0.5) is 0 Å². The zero-order valence-electron chi connectivity index (χ0n) is 14.3. The van der Waals surface area contributed by atoms with Gasteiger partial charge in [-0.1, -0.05) is 26.7 Å². The Morgan fingerprint density at radius 3 is 2.43 bits per heavy atom. The van der Waals surface area contributed by atoms with Crippen LogP contribution in [0.2, 0.25) is 0 Å². The lowest BCUT2D eigenvalue weighted by atomic mass is 9.79. The quantitative estimate of drug-likeness (QED) is 0.850. The van der Waals surface area contributed by atoms with Gasteiger partial charge in [0.25, 0.3) is 0 Å². The van der Waals surface area contributed by atoms with Gasteiger partial charge in [-0.2, -0.15) is 0 Å². The molecular weight excluding hydrogens is 278 g/mol. The van der Waals surface area contributed by atoms with Gasteiger partial charge in [-0.15, -0.1) is 21.5 Å². The zero-order chi connectivity index (χ0) is 15.5. The van der Waals surface area contributed by atoms with Gasteiger partial charge in [0, 0.05) is 23.9 Å². The summed E-state index contributed by atoms with van der Waals surface area (Å²) in [7, 11) is 0. The van der Waals surface area contributed by atoms with E-state index < -0.39 is 0 Å². The Kier molecular flexibility index (Phi) is 5.42. The van der Waals surface area contributed by atoms with E-state index in [2.05, 4.69) is 50.1 Å². The molecule has 1 N–H and O–H groups in total. The van der Waals surface area contributed by atoms with E-state index in [1.807, 2.05) is 11.3 Å². The average Bonchev–Trinajstić information content (AvgIpc) is 2.96. The summed E-state index contributed by atoms with van der Waals surface area (Å²) < 4.78 is 0. The summed E-state index contributed by atoms with van der Waals surface area (Å²) in [5.74, 6) is 0.734. The van der Waals surface area contributed by atoms with Crippen molar-refractivity contribution in [3.63, 3.8) is 0 Å². The predicted octanol–water partition coefficient (Wildman–Crippen LogP) is 4.33. The van der Waals surface area contributed by atoms with Gasteiger partial charge in [0.15, 0.2) is 0 Å². The molecule has 0 spiro atoms. The molecule has 0 atom stereocenters. The summed E-state index contributed by atoms with van der Waals surface area (Å²) >= 11 is 1.86. The first kappa shape index (κ1) is 16.9. The molecule has 1 aliphatic carbocycles. The molecule has 2 rings (SSSR count). The number of rotatable bonds is 6. The second kappa shape index (κ2) is 6.74. The largest absolute Gasteiger partial charge is 0.312 e. The molecule has 1 aromatic heterocycles. The van der Waals surface area contributed by atoms with Crippen molar-refractivity contribution in [1.82, 2.24) is 15.5 Å². The van der Waals surface area contributed by atoms with E-state index in [1.165, 1.54) is 42.1 Å². The summed E-state index contributed by atoms with van der Waals surface area (Å²) in [4.78, 5) is 0. The zero-order valence-corrected chi connectivity index (χ0v) is 15.1. The van der Waals surface area contributed by atoms with Crippen LogP contribution >= 0.6 is 11.3 Å². The molecule has 1 saturated carbocycles. The van der Waals surface area contributed by atoms with Crippen LogP contribution in [0.25, 0.3) is 0 Å². The van der Waals surface area contributed by atoms with E-state index in [0.717, 1.165) is 18.9 Å². The van der Waals surface area contributed by atoms with E-state index in [9.17, 15) is 0 Å². The molecule has 1 aliphatic rings. The number of nitrogens with zero attached hydrogens (tertiary/aromatic N) is 2. The third-order valence-electron chi connectivity index (χ3n) is 4.27. The first-order valence-corrected chi connectivity index (χ1v) is 9.20. The fourth-order valence-electron chi connectivity index (χ4n) is 3.45. The molecule has 21 heavy (non-hydrogen) atoms. The van der Waals surface area contributed by atoms with Crippen molar-refractivity contribution >= 4 is 11.3 Å². The van der Waals surface area contributed by atoms with Crippen LogP contribution in [-0.2, 0) is 11.8 Å². The lowest BCUT2D eigenvalue weighted by molar-refractivity contribution is 0.343. The minimum Gasteiger partial charge on any atom is -0.312 e. The molecule has 0 bridgehead atoms. The predicted molar refractivity (Wildman–Crippen MR) is 91.0 cm³/mol. The fraction of sp³-hybridized carbons (Fsp3) is 0.882. The van der Waals surface area contributed by atoms with Crippen molar-refractivity contribution in [2.45, 2.75) is 84.1 Å². The normalized spacial score (nSPS) is 18.6. The number of aromatic nitrogens is 2. The Labute approximate surface area is 133 Å². The van der Waals surface area contributed by atoms with Gasteiger partial charge in [-0.25, -0.2) is 0 Å². The van der Waals surface area contributed by atoms with Gasteiger partial charge in [0.1, 0.15) is 10.0 Å². The number of hydrogen-bond acceptors (Lipinski definition) is 4. The molecule has 0 aliphatic heterocycles. The van der Waals surface area contributed by atoms with Crippen LogP contribution in [-0.4, -0.2) is 22.3 Å². The second-order valence-electron chi connectivity index (χ2n) is 8.01. The molecule has 1 aromatic rings. The molecule has 0 aromatic carbocycles.